The number of fused-ring (bicyclic) bond motifs is 8. The molecule has 1 aliphatic carbocycles. The van der Waals surface area contributed by atoms with Crippen molar-refractivity contribution in [3.63, 3.8) is 0 Å². The quantitative estimate of drug-likeness (QED) is 0.186. The third kappa shape index (κ3) is 4.54. The molecule has 0 amide bonds. The molecule has 0 saturated heterocycles. The van der Waals surface area contributed by atoms with Crippen LogP contribution < -0.4 is 9.47 Å². The molecule has 0 saturated carbocycles. The van der Waals surface area contributed by atoms with E-state index in [9.17, 15) is 2.74 Å². The van der Waals surface area contributed by atoms with E-state index >= 15 is 0 Å². The normalized spacial score (nSPS) is 21.8. The van der Waals surface area contributed by atoms with Crippen molar-refractivity contribution in [1.29, 1.82) is 0 Å². The Labute approximate surface area is 302 Å². The molecule has 6 nitrogen and oxygen atoms in total. The standard InChI is InChI=1S/C45H45N3O3/c1-24(2)28-17-29(42-47-45(10)35-14-13-25(3)27(5)34(35)23-44(45,9)51-42)19-31(18-28)49-37-22-36-38(16-26(37)4)50-39-21-30(43(6,7)8)20-33-32-12-11-15-46-41(32)48(36)40(33)39/h11-22,24H,23H2,1-10H3/t44-,45+/m0/s1/i23D2. The Morgan fingerprint density at radius 1 is 0.922 bits per heavy atom. The summed E-state index contributed by atoms with van der Waals surface area (Å²) < 4.78 is 41.2. The van der Waals surface area contributed by atoms with Crippen LogP contribution in [0, 0.1) is 20.8 Å². The number of aryl methyl sites for hydroxylation is 2. The van der Waals surface area contributed by atoms with Crippen molar-refractivity contribution in [2.24, 2.45) is 4.99 Å². The second kappa shape index (κ2) is 10.5. The lowest BCUT2D eigenvalue weighted by Gasteiger charge is -2.31. The second-order valence-corrected chi connectivity index (χ2v) is 16.2. The maximum absolute atomic E-state index is 9.40. The minimum Gasteiger partial charge on any atom is -0.468 e. The van der Waals surface area contributed by atoms with Crippen LogP contribution >= 0.6 is 0 Å². The fourth-order valence-electron chi connectivity index (χ4n) is 7.92. The van der Waals surface area contributed by atoms with Crippen LogP contribution in [-0.4, -0.2) is 21.0 Å². The van der Waals surface area contributed by atoms with Gasteiger partial charge in [0.05, 0.1) is 11.2 Å². The number of rotatable bonds is 4. The van der Waals surface area contributed by atoms with E-state index in [0.29, 0.717) is 23.0 Å². The maximum atomic E-state index is 9.40. The van der Waals surface area contributed by atoms with E-state index < -0.39 is 17.5 Å². The minimum absolute atomic E-state index is 0.0561. The van der Waals surface area contributed by atoms with E-state index in [0.717, 1.165) is 72.5 Å². The van der Waals surface area contributed by atoms with Gasteiger partial charge in [0, 0.05) is 37.7 Å². The number of hydrogen-bond donors (Lipinski definition) is 0. The Morgan fingerprint density at radius 3 is 2.49 bits per heavy atom. The van der Waals surface area contributed by atoms with Crippen molar-refractivity contribution in [2.75, 3.05) is 0 Å². The third-order valence-electron chi connectivity index (χ3n) is 11.4. The second-order valence-electron chi connectivity index (χ2n) is 16.2. The molecular formula is C45H45N3O3. The number of ether oxygens (including phenoxy) is 3. The summed E-state index contributed by atoms with van der Waals surface area (Å²) in [7, 11) is 0. The van der Waals surface area contributed by atoms with Gasteiger partial charge in [-0.1, -0.05) is 46.8 Å². The number of nitrogens with zero attached hydrogens (tertiary/aromatic N) is 3. The Hall–Kier alpha value is -5.10. The molecule has 3 aliphatic rings. The summed E-state index contributed by atoms with van der Waals surface area (Å²) in [5.74, 6) is 3.53. The predicted octanol–water partition coefficient (Wildman–Crippen LogP) is 11.4. The molecule has 2 aromatic heterocycles. The van der Waals surface area contributed by atoms with Crippen LogP contribution in [0.4, 0.5) is 0 Å². The first-order valence-corrected chi connectivity index (χ1v) is 17.9. The van der Waals surface area contributed by atoms with Gasteiger partial charge in [-0.3, -0.25) is 4.57 Å². The Morgan fingerprint density at radius 2 is 1.73 bits per heavy atom. The summed E-state index contributed by atoms with van der Waals surface area (Å²) in [6.07, 6.45) is 0.0788. The van der Waals surface area contributed by atoms with Crippen LogP contribution in [0.1, 0.15) is 102 Å². The summed E-state index contributed by atoms with van der Waals surface area (Å²) in [4.78, 5) is 10.1. The summed E-state index contributed by atoms with van der Waals surface area (Å²) in [5.41, 5.74) is 8.07. The molecule has 2 atom stereocenters. The van der Waals surface area contributed by atoms with Gasteiger partial charge in [0.15, 0.2) is 11.5 Å². The molecule has 0 radical (unpaired) electrons. The van der Waals surface area contributed by atoms with Crippen LogP contribution in [0.3, 0.4) is 0 Å². The minimum atomic E-state index is -1.76. The zero-order chi connectivity index (χ0) is 37.6. The number of pyridine rings is 1. The van der Waals surface area contributed by atoms with Gasteiger partial charge in [-0.15, -0.1) is 0 Å². The molecular weight excluding hydrogens is 631 g/mol. The van der Waals surface area contributed by atoms with Crippen LogP contribution in [0.15, 0.2) is 77.9 Å². The van der Waals surface area contributed by atoms with Crippen molar-refractivity contribution < 1.29 is 17.0 Å². The van der Waals surface area contributed by atoms with Crippen molar-refractivity contribution in [3.8, 4) is 28.7 Å². The molecule has 2 aliphatic heterocycles. The fraction of sp³-hybridized carbons (Fsp3) is 0.333. The lowest BCUT2D eigenvalue weighted by atomic mass is 9.84. The Kier molecular flexibility index (Phi) is 6.08. The molecule has 4 heterocycles. The lowest BCUT2D eigenvalue weighted by Crippen LogP contribution is -2.41. The van der Waals surface area contributed by atoms with Crippen molar-refractivity contribution >= 4 is 27.8 Å². The van der Waals surface area contributed by atoms with E-state index in [-0.39, 0.29) is 11.3 Å². The molecule has 51 heavy (non-hydrogen) atoms. The highest BCUT2D eigenvalue weighted by Crippen LogP contribution is 2.54. The first-order valence-electron chi connectivity index (χ1n) is 18.9. The molecule has 0 N–H and O–H groups in total. The topological polar surface area (TPSA) is 57.9 Å². The number of aromatic nitrogens is 2. The highest BCUT2D eigenvalue weighted by Gasteiger charge is 2.59. The molecule has 0 bridgehead atoms. The van der Waals surface area contributed by atoms with Crippen molar-refractivity contribution in [3.05, 3.63) is 117 Å². The van der Waals surface area contributed by atoms with Gasteiger partial charge < -0.3 is 14.2 Å². The SMILES string of the molecule is [2H]C1([2H])c2c(ccc(C)c2C)[C@@]2(C)N=C(c3cc(Oc4cc5c(cc4C)Oc4cc(C(C)(C)C)cc6c7cccnc7n-5c46)cc(C(C)C)c3)O[C@@]12C. The summed E-state index contributed by atoms with van der Waals surface area (Å²) >= 11 is 0. The third-order valence-corrected chi connectivity index (χ3v) is 11.4. The molecule has 0 fully saturated rings. The van der Waals surface area contributed by atoms with Gasteiger partial charge in [-0.25, -0.2) is 9.98 Å². The van der Waals surface area contributed by atoms with Crippen LogP contribution in [-0.2, 0) is 22.1 Å². The zero-order valence-corrected chi connectivity index (χ0v) is 31.1. The van der Waals surface area contributed by atoms with E-state index in [4.69, 9.17) is 24.2 Å². The monoisotopic (exact) mass is 677 g/mol. The van der Waals surface area contributed by atoms with Gasteiger partial charge in [0.2, 0.25) is 5.90 Å². The summed E-state index contributed by atoms with van der Waals surface area (Å²) in [5, 5.41) is 2.19. The van der Waals surface area contributed by atoms with Crippen LogP contribution in [0.2, 0.25) is 0 Å². The molecule has 9 rings (SSSR count). The number of aliphatic imine (C=N–C) groups is 1. The van der Waals surface area contributed by atoms with Crippen LogP contribution in [0.5, 0.6) is 23.0 Å². The van der Waals surface area contributed by atoms with Crippen LogP contribution in [0.25, 0.3) is 27.6 Å². The Bertz CT molecular complexity index is 2610. The van der Waals surface area contributed by atoms with Gasteiger partial charge in [-0.05, 0) is 133 Å². The highest BCUT2D eigenvalue weighted by atomic mass is 16.5. The zero-order valence-electron chi connectivity index (χ0n) is 33.1. The first kappa shape index (κ1) is 29.6. The van der Waals surface area contributed by atoms with Gasteiger partial charge >= 0.3 is 0 Å². The fourth-order valence-corrected chi connectivity index (χ4v) is 7.92. The average molecular weight is 678 g/mol. The molecule has 4 aromatic carbocycles. The highest BCUT2D eigenvalue weighted by molar-refractivity contribution is 6.11. The van der Waals surface area contributed by atoms with E-state index in [1.54, 1.807) is 0 Å². The summed E-state index contributed by atoms with van der Waals surface area (Å²) in [6, 6.07) is 22.8. The van der Waals surface area contributed by atoms with E-state index in [2.05, 4.69) is 75.6 Å². The van der Waals surface area contributed by atoms with Gasteiger partial charge in [0.1, 0.15) is 28.3 Å². The smallest absolute Gasteiger partial charge is 0.217 e. The lowest BCUT2D eigenvalue weighted by molar-refractivity contribution is 0.0475. The molecule has 0 unspecified atom stereocenters. The first-order chi connectivity index (χ1) is 24.9. The van der Waals surface area contributed by atoms with E-state index in [1.807, 2.05) is 71.1 Å². The summed E-state index contributed by atoms with van der Waals surface area (Å²) in [6.45, 7) is 20.9. The molecule has 258 valence electrons. The predicted molar refractivity (Wildman–Crippen MR) is 206 cm³/mol. The van der Waals surface area contributed by atoms with Crippen molar-refractivity contribution in [1.82, 2.24) is 9.55 Å². The van der Waals surface area contributed by atoms with Crippen molar-refractivity contribution in [2.45, 2.75) is 98.1 Å². The molecule has 0 spiro atoms. The van der Waals surface area contributed by atoms with Gasteiger partial charge in [-0.2, -0.15) is 0 Å². The van der Waals surface area contributed by atoms with E-state index in [1.165, 1.54) is 5.56 Å². The average Bonchev–Trinajstić information content (AvgIpc) is 3.63. The number of hydrogen-bond acceptors (Lipinski definition) is 5. The maximum Gasteiger partial charge on any atom is 0.217 e. The Balaban J connectivity index is 1.15. The number of benzene rings is 4. The molecule has 6 heteroatoms. The largest absolute Gasteiger partial charge is 0.468 e. The van der Waals surface area contributed by atoms with Gasteiger partial charge in [0.25, 0.3) is 0 Å². The molecule has 6 aromatic rings.